The van der Waals surface area contributed by atoms with Gasteiger partial charge >= 0.3 is 0 Å². The second-order valence-electron chi connectivity index (χ2n) is 3.01. The number of hydrogen-bond donors (Lipinski definition) is 3. The lowest BCUT2D eigenvalue weighted by atomic mass is 10.2. The Morgan fingerprint density at radius 2 is 1.87 bits per heavy atom. The molecule has 0 atom stereocenters. The maximum absolute atomic E-state index is 11.2. The van der Waals surface area contributed by atoms with E-state index in [1.165, 1.54) is 12.1 Å². The SMILES string of the molecule is NCC(=O)CC(=O)Nc1ccc(O)cc1. The second-order valence-corrected chi connectivity index (χ2v) is 3.01. The van der Waals surface area contributed by atoms with E-state index in [0.717, 1.165) is 0 Å². The number of hydrogen-bond acceptors (Lipinski definition) is 4. The van der Waals surface area contributed by atoms with Crippen LogP contribution in [0.4, 0.5) is 5.69 Å². The molecule has 1 rings (SSSR count). The van der Waals surface area contributed by atoms with E-state index in [1.54, 1.807) is 12.1 Å². The first-order valence-electron chi connectivity index (χ1n) is 4.42. The van der Waals surface area contributed by atoms with Crippen LogP contribution in [0.15, 0.2) is 24.3 Å². The van der Waals surface area contributed by atoms with Crippen molar-refractivity contribution in [3.8, 4) is 5.75 Å². The highest BCUT2D eigenvalue weighted by Crippen LogP contribution is 2.13. The fourth-order valence-corrected chi connectivity index (χ4v) is 1.00. The maximum Gasteiger partial charge on any atom is 0.231 e. The average molecular weight is 208 g/mol. The average Bonchev–Trinajstić information content (AvgIpc) is 2.21. The summed E-state index contributed by atoms with van der Waals surface area (Å²) in [4.78, 5) is 22.1. The van der Waals surface area contributed by atoms with Crippen molar-refractivity contribution in [2.24, 2.45) is 5.73 Å². The first-order valence-corrected chi connectivity index (χ1v) is 4.42. The van der Waals surface area contributed by atoms with E-state index in [1.807, 2.05) is 0 Å². The van der Waals surface area contributed by atoms with Crippen LogP contribution >= 0.6 is 0 Å². The van der Waals surface area contributed by atoms with Gasteiger partial charge in [0.2, 0.25) is 5.91 Å². The van der Waals surface area contributed by atoms with Crippen molar-refractivity contribution in [2.75, 3.05) is 11.9 Å². The van der Waals surface area contributed by atoms with E-state index in [2.05, 4.69) is 5.32 Å². The van der Waals surface area contributed by atoms with Crippen LogP contribution in [0, 0.1) is 0 Å². The van der Waals surface area contributed by atoms with Crippen molar-refractivity contribution in [1.29, 1.82) is 0 Å². The molecule has 80 valence electrons. The minimum atomic E-state index is -0.406. The highest BCUT2D eigenvalue weighted by Gasteiger charge is 2.07. The molecular formula is C10H12N2O3. The summed E-state index contributed by atoms with van der Waals surface area (Å²) in [5.74, 6) is -0.603. The number of carbonyl (C=O) groups excluding carboxylic acids is 2. The molecule has 1 aromatic rings. The van der Waals surface area contributed by atoms with Crippen molar-refractivity contribution in [3.63, 3.8) is 0 Å². The van der Waals surface area contributed by atoms with Crippen LogP contribution in [0.1, 0.15) is 6.42 Å². The van der Waals surface area contributed by atoms with Gasteiger partial charge in [-0.05, 0) is 24.3 Å². The molecule has 15 heavy (non-hydrogen) atoms. The molecule has 0 fully saturated rings. The van der Waals surface area contributed by atoms with Crippen molar-refractivity contribution in [3.05, 3.63) is 24.3 Å². The predicted octanol–water partition coefficient (Wildman–Crippen LogP) is 0.249. The molecule has 1 amide bonds. The number of phenols is 1. The molecule has 0 aliphatic carbocycles. The van der Waals surface area contributed by atoms with Crippen LogP contribution in [-0.4, -0.2) is 23.3 Å². The van der Waals surface area contributed by atoms with Crippen LogP contribution in [-0.2, 0) is 9.59 Å². The number of anilines is 1. The summed E-state index contributed by atoms with van der Waals surface area (Å²) in [6.45, 7) is -0.136. The third-order valence-electron chi connectivity index (χ3n) is 1.74. The lowest BCUT2D eigenvalue weighted by Crippen LogP contribution is -2.21. The Bertz CT molecular complexity index is 359. The molecule has 0 radical (unpaired) electrons. The Kier molecular flexibility index (Phi) is 3.82. The zero-order chi connectivity index (χ0) is 11.3. The summed E-state index contributed by atoms with van der Waals surface area (Å²) in [5.41, 5.74) is 5.60. The summed E-state index contributed by atoms with van der Waals surface area (Å²) in [6, 6.07) is 5.97. The molecule has 0 saturated carbocycles. The monoisotopic (exact) mass is 208 g/mol. The van der Waals surface area contributed by atoms with Gasteiger partial charge in [-0.3, -0.25) is 9.59 Å². The topological polar surface area (TPSA) is 92.4 Å². The van der Waals surface area contributed by atoms with Gasteiger partial charge in [0.05, 0.1) is 13.0 Å². The standard InChI is InChI=1S/C10H12N2O3/c11-6-9(14)5-10(15)12-7-1-3-8(13)4-2-7/h1-4,13H,5-6,11H2,(H,12,15). The number of phenolic OH excluding ortho intramolecular Hbond substituents is 1. The molecule has 0 heterocycles. The highest BCUT2D eigenvalue weighted by molar-refractivity contribution is 6.04. The van der Waals surface area contributed by atoms with E-state index < -0.39 is 5.91 Å². The van der Waals surface area contributed by atoms with Crippen molar-refractivity contribution < 1.29 is 14.7 Å². The lowest BCUT2D eigenvalue weighted by Gasteiger charge is -2.03. The van der Waals surface area contributed by atoms with Gasteiger partial charge in [-0.15, -0.1) is 0 Å². The Morgan fingerprint density at radius 3 is 2.40 bits per heavy atom. The molecule has 0 aromatic heterocycles. The number of ketones is 1. The predicted molar refractivity (Wildman–Crippen MR) is 55.4 cm³/mol. The Hall–Kier alpha value is -1.88. The summed E-state index contributed by atoms with van der Waals surface area (Å²) in [6.07, 6.45) is -0.225. The van der Waals surface area contributed by atoms with Gasteiger partial charge in [0.1, 0.15) is 5.75 Å². The minimum Gasteiger partial charge on any atom is -0.508 e. The first kappa shape index (κ1) is 11.2. The number of aromatic hydroxyl groups is 1. The zero-order valence-electron chi connectivity index (χ0n) is 8.06. The molecule has 0 spiro atoms. The Labute approximate surface area is 86.9 Å². The van der Waals surface area contributed by atoms with Gasteiger partial charge in [0, 0.05) is 5.69 Å². The first-order chi connectivity index (χ1) is 7.11. The number of benzene rings is 1. The van der Waals surface area contributed by atoms with Crippen LogP contribution in [0.25, 0.3) is 0 Å². The fraction of sp³-hybridized carbons (Fsp3) is 0.200. The van der Waals surface area contributed by atoms with Gasteiger partial charge in [-0.2, -0.15) is 0 Å². The molecule has 0 aliphatic rings. The van der Waals surface area contributed by atoms with Crippen molar-refractivity contribution in [2.45, 2.75) is 6.42 Å². The van der Waals surface area contributed by atoms with E-state index in [9.17, 15) is 9.59 Å². The van der Waals surface area contributed by atoms with E-state index >= 15 is 0 Å². The minimum absolute atomic E-state index is 0.117. The smallest absolute Gasteiger partial charge is 0.231 e. The molecule has 0 bridgehead atoms. The van der Waals surface area contributed by atoms with Crippen molar-refractivity contribution in [1.82, 2.24) is 0 Å². The third kappa shape index (κ3) is 3.78. The van der Waals surface area contributed by atoms with Gasteiger partial charge in [-0.1, -0.05) is 0 Å². The molecule has 5 heteroatoms. The molecule has 1 aromatic carbocycles. The quantitative estimate of drug-likeness (QED) is 0.488. The fourth-order valence-electron chi connectivity index (χ4n) is 1.00. The van der Waals surface area contributed by atoms with Crippen LogP contribution in [0.2, 0.25) is 0 Å². The van der Waals surface area contributed by atoms with Crippen molar-refractivity contribution >= 4 is 17.4 Å². The number of nitrogens with two attached hydrogens (primary N) is 1. The number of rotatable bonds is 4. The van der Waals surface area contributed by atoms with Gasteiger partial charge in [0.15, 0.2) is 5.78 Å². The van der Waals surface area contributed by atoms with Crippen LogP contribution in [0.5, 0.6) is 5.75 Å². The molecular weight excluding hydrogens is 196 g/mol. The summed E-state index contributed by atoms with van der Waals surface area (Å²) in [7, 11) is 0. The summed E-state index contributed by atoms with van der Waals surface area (Å²) < 4.78 is 0. The Morgan fingerprint density at radius 1 is 1.27 bits per heavy atom. The summed E-state index contributed by atoms with van der Waals surface area (Å²) >= 11 is 0. The molecule has 5 nitrogen and oxygen atoms in total. The molecule has 0 saturated heterocycles. The van der Waals surface area contributed by atoms with E-state index in [0.29, 0.717) is 5.69 Å². The van der Waals surface area contributed by atoms with Crippen LogP contribution < -0.4 is 11.1 Å². The molecule has 0 unspecified atom stereocenters. The normalized spacial score (nSPS) is 9.67. The van der Waals surface area contributed by atoms with E-state index in [4.69, 9.17) is 10.8 Å². The number of Topliss-reactive ketones (excluding diaryl/α,β-unsaturated/α-hetero) is 1. The van der Waals surface area contributed by atoms with Gasteiger partial charge in [-0.25, -0.2) is 0 Å². The highest BCUT2D eigenvalue weighted by atomic mass is 16.3. The second kappa shape index (κ2) is 5.11. The number of carbonyl (C=O) groups is 2. The lowest BCUT2D eigenvalue weighted by molar-refractivity contribution is -0.124. The largest absolute Gasteiger partial charge is 0.508 e. The maximum atomic E-state index is 11.2. The third-order valence-corrected chi connectivity index (χ3v) is 1.74. The van der Waals surface area contributed by atoms with Crippen LogP contribution in [0.3, 0.4) is 0 Å². The molecule has 4 N–H and O–H groups in total. The zero-order valence-corrected chi connectivity index (χ0v) is 8.06. The number of amides is 1. The van der Waals surface area contributed by atoms with Gasteiger partial charge < -0.3 is 16.2 Å². The Balaban J connectivity index is 2.51. The van der Waals surface area contributed by atoms with E-state index in [-0.39, 0.29) is 24.5 Å². The summed E-state index contributed by atoms with van der Waals surface area (Å²) in [5, 5.41) is 11.5. The number of nitrogens with one attached hydrogen (secondary N) is 1. The van der Waals surface area contributed by atoms with Gasteiger partial charge in [0.25, 0.3) is 0 Å². The molecule has 0 aliphatic heterocycles.